The molecule has 0 aromatic carbocycles. The Morgan fingerprint density at radius 3 is 2.47 bits per heavy atom. The normalized spacial score (nSPS) is 20.2. The van der Waals surface area contributed by atoms with Crippen LogP contribution in [0.2, 0.25) is 0 Å². The molecule has 0 aromatic heterocycles. The van der Waals surface area contributed by atoms with Gasteiger partial charge < -0.3 is 9.64 Å². The van der Waals surface area contributed by atoms with Crippen LogP contribution in [0.3, 0.4) is 0 Å². The van der Waals surface area contributed by atoms with Crippen molar-refractivity contribution in [3.05, 3.63) is 0 Å². The molecule has 1 amide bonds. The molecule has 1 rings (SSSR count). The van der Waals surface area contributed by atoms with E-state index in [1.807, 2.05) is 11.9 Å². The van der Waals surface area contributed by atoms with Gasteiger partial charge in [-0.1, -0.05) is 20.8 Å². The van der Waals surface area contributed by atoms with Gasteiger partial charge in [0.25, 0.3) is 0 Å². The SMILES string of the molecule is CCCOCC(=O)N(C)C1CCC(C)(C)CC1. The van der Waals surface area contributed by atoms with E-state index in [1.54, 1.807) is 0 Å². The molecule has 0 radical (unpaired) electrons. The third kappa shape index (κ3) is 4.66. The number of nitrogens with zero attached hydrogens (tertiary/aromatic N) is 1. The standard InChI is InChI=1S/C14H27NO2/c1-5-10-17-11-13(16)15(4)12-6-8-14(2,3)9-7-12/h12H,5-11H2,1-4H3. The summed E-state index contributed by atoms with van der Waals surface area (Å²) in [5.41, 5.74) is 0.457. The van der Waals surface area contributed by atoms with Crippen molar-refractivity contribution in [3.8, 4) is 0 Å². The minimum Gasteiger partial charge on any atom is -0.372 e. The number of hydrogen-bond acceptors (Lipinski definition) is 2. The van der Waals surface area contributed by atoms with Crippen LogP contribution in [0, 0.1) is 5.41 Å². The molecule has 0 aromatic rings. The van der Waals surface area contributed by atoms with Gasteiger partial charge in [0.05, 0.1) is 0 Å². The first-order valence-corrected chi connectivity index (χ1v) is 6.79. The van der Waals surface area contributed by atoms with Crippen molar-refractivity contribution in [2.75, 3.05) is 20.3 Å². The Labute approximate surface area is 106 Å². The van der Waals surface area contributed by atoms with E-state index in [0.717, 1.165) is 19.3 Å². The van der Waals surface area contributed by atoms with Gasteiger partial charge in [-0.05, 0) is 37.5 Å². The topological polar surface area (TPSA) is 29.5 Å². The number of likely N-dealkylation sites (N-methyl/N-ethyl adjacent to an activating group) is 1. The van der Waals surface area contributed by atoms with Crippen LogP contribution < -0.4 is 0 Å². The number of hydrogen-bond donors (Lipinski definition) is 0. The molecule has 0 bridgehead atoms. The van der Waals surface area contributed by atoms with E-state index in [0.29, 0.717) is 18.1 Å². The molecular formula is C14H27NO2. The van der Waals surface area contributed by atoms with Crippen molar-refractivity contribution in [3.63, 3.8) is 0 Å². The van der Waals surface area contributed by atoms with Gasteiger partial charge in [0.2, 0.25) is 5.91 Å². The molecule has 0 aliphatic heterocycles. The number of amides is 1. The monoisotopic (exact) mass is 241 g/mol. The van der Waals surface area contributed by atoms with Gasteiger partial charge >= 0.3 is 0 Å². The quantitative estimate of drug-likeness (QED) is 0.693. The highest BCUT2D eigenvalue weighted by atomic mass is 16.5. The highest BCUT2D eigenvalue weighted by Crippen LogP contribution is 2.36. The lowest BCUT2D eigenvalue weighted by Crippen LogP contribution is -2.42. The number of carbonyl (C=O) groups excluding carboxylic acids is 1. The Kier molecular flexibility index (Phi) is 5.44. The average molecular weight is 241 g/mol. The fourth-order valence-corrected chi connectivity index (χ4v) is 2.38. The van der Waals surface area contributed by atoms with Crippen LogP contribution in [0.15, 0.2) is 0 Å². The van der Waals surface area contributed by atoms with Gasteiger partial charge in [-0.2, -0.15) is 0 Å². The zero-order chi connectivity index (χ0) is 12.9. The average Bonchev–Trinajstić information content (AvgIpc) is 2.28. The summed E-state index contributed by atoms with van der Waals surface area (Å²) in [6.07, 6.45) is 5.65. The molecule has 0 atom stereocenters. The second-order valence-electron chi connectivity index (χ2n) is 5.95. The fraction of sp³-hybridized carbons (Fsp3) is 0.929. The van der Waals surface area contributed by atoms with E-state index in [-0.39, 0.29) is 12.5 Å². The predicted molar refractivity (Wildman–Crippen MR) is 69.9 cm³/mol. The van der Waals surface area contributed by atoms with Gasteiger partial charge in [-0.25, -0.2) is 0 Å². The Morgan fingerprint density at radius 1 is 1.35 bits per heavy atom. The summed E-state index contributed by atoms with van der Waals surface area (Å²) >= 11 is 0. The third-order valence-corrected chi connectivity index (χ3v) is 3.82. The Morgan fingerprint density at radius 2 is 1.94 bits per heavy atom. The zero-order valence-corrected chi connectivity index (χ0v) is 11.8. The third-order valence-electron chi connectivity index (χ3n) is 3.82. The molecule has 1 fully saturated rings. The molecule has 0 spiro atoms. The summed E-state index contributed by atoms with van der Waals surface area (Å²) in [4.78, 5) is 13.8. The van der Waals surface area contributed by atoms with Crippen LogP contribution in [-0.2, 0) is 9.53 Å². The first-order valence-electron chi connectivity index (χ1n) is 6.79. The highest BCUT2D eigenvalue weighted by molar-refractivity contribution is 5.77. The maximum Gasteiger partial charge on any atom is 0.248 e. The molecule has 1 aliphatic rings. The molecule has 0 saturated heterocycles. The van der Waals surface area contributed by atoms with Gasteiger partial charge in [0.1, 0.15) is 6.61 Å². The Hall–Kier alpha value is -0.570. The molecule has 100 valence electrons. The number of rotatable bonds is 5. The van der Waals surface area contributed by atoms with Gasteiger partial charge in [-0.3, -0.25) is 4.79 Å². The Bertz CT molecular complexity index is 241. The van der Waals surface area contributed by atoms with E-state index in [1.165, 1.54) is 12.8 Å². The van der Waals surface area contributed by atoms with Crippen molar-refractivity contribution in [1.82, 2.24) is 4.90 Å². The lowest BCUT2D eigenvalue weighted by Gasteiger charge is -2.38. The molecule has 0 N–H and O–H groups in total. The van der Waals surface area contributed by atoms with Crippen LogP contribution >= 0.6 is 0 Å². The van der Waals surface area contributed by atoms with E-state index in [4.69, 9.17) is 4.74 Å². The van der Waals surface area contributed by atoms with Crippen LogP contribution in [0.1, 0.15) is 52.9 Å². The fourth-order valence-electron chi connectivity index (χ4n) is 2.38. The summed E-state index contributed by atoms with van der Waals surface area (Å²) in [5.74, 6) is 0.128. The van der Waals surface area contributed by atoms with Crippen molar-refractivity contribution in [1.29, 1.82) is 0 Å². The summed E-state index contributed by atoms with van der Waals surface area (Å²) in [7, 11) is 1.92. The molecule has 0 heterocycles. The lowest BCUT2D eigenvalue weighted by molar-refractivity contribution is -0.137. The molecular weight excluding hydrogens is 214 g/mol. The first-order chi connectivity index (χ1) is 7.96. The van der Waals surface area contributed by atoms with Gasteiger partial charge in [-0.15, -0.1) is 0 Å². The maximum absolute atomic E-state index is 11.9. The van der Waals surface area contributed by atoms with E-state index >= 15 is 0 Å². The van der Waals surface area contributed by atoms with E-state index in [9.17, 15) is 4.79 Å². The Balaban J connectivity index is 2.32. The van der Waals surface area contributed by atoms with Crippen molar-refractivity contribution in [2.45, 2.75) is 58.9 Å². The van der Waals surface area contributed by atoms with Crippen molar-refractivity contribution in [2.24, 2.45) is 5.41 Å². The number of carbonyl (C=O) groups is 1. The highest BCUT2D eigenvalue weighted by Gasteiger charge is 2.30. The summed E-state index contributed by atoms with van der Waals surface area (Å²) in [6.45, 7) is 7.60. The van der Waals surface area contributed by atoms with Crippen LogP contribution in [-0.4, -0.2) is 37.1 Å². The molecule has 17 heavy (non-hydrogen) atoms. The van der Waals surface area contributed by atoms with Crippen molar-refractivity contribution < 1.29 is 9.53 Å². The summed E-state index contributed by atoms with van der Waals surface area (Å²) in [5, 5.41) is 0. The molecule has 1 aliphatic carbocycles. The first kappa shape index (κ1) is 14.5. The van der Waals surface area contributed by atoms with Gasteiger partial charge in [0, 0.05) is 19.7 Å². The largest absolute Gasteiger partial charge is 0.372 e. The summed E-state index contributed by atoms with van der Waals surface area (Å²) in [6, 6.07) is 0.417. The molecule has 1 saturated carbocycles. The van der Waals surface area contributed by atoms with Crippen LogP contribution in [0.4, 0.5) is 0 Å². The van der Waals surface area contributed by atoms with Crippen LogP contribution in [0.5, 0.6) is 0 Å². The molecule has 3 nitrogen and oxygen atoms in total. The molecule has 3 heteroatoms. The van der Waals surface area contributed by atoms with E-state index in [2.05, 4.69) is 20.8 Å². The lowest BCUT2D eigenvalue weighted by atomic mass is 9.75. The summed E-state index contributed by atoms with van der Waals surface area (Å²) < 4.78 is 5.31. The second kappa shape index (κ2) is 6.39. The van der Waals surface area contributed by atoms with Crippen molar-refractivity contribution >= 4 is 5.91 Å². The van der Waals surface area contributed by atoms with E-state index < -0.39 is 0 Å². The number of ether oxygens (including phenoxy) is 1. The van der Waals surface area contributed by atoms with Gasteiger partial charge in [0.15, 0.2) is 0 Å². The maximum atomic E-state index is 11.9. The minimum absolute atomic E-state index is 0.128. The second-order valence-corrected chi connectivity index (χ2v) is 5.95. The minimum atomic E-state index is 0.128. The smallest absolute Gasteiger partial charge is 0.248 e. The van der Waals surface area contributed by atoms with Crippen LogP contribution in [0.25, 0.3) is 0 Å². The predicted octanol–water partition coefficient (Wildman–Crippen LogP) is 2.84. The zero-order valence-electron chi connectivity index (χ0n) is 11.8. The molecule has 0 unspecified atom stereocenters.